The van der Waals surface area contributed by atoms with Gasteiger partial charge in [-0.1, -0.05) is 65.0 Å². The largest absolute Gasteiger partial charge is 0.322 e. The van der Waals surface area contributed by atoms with E-state index in [1.54, 1.807) is 22.3 Å². The van der Waals surface area contributed by atoms with Crippen LogP contribution < -0.4 is 5.32 Å². The van der Waals surface area contributed by atoms with Gasteiger partial charge in [-0.15, -0.1) is 11.3 Å². The van der Waals surface area contributed by atoms with Crippen molar-refractivity contribution in [2.45, 2.75) is 60.0 Å². The zero-order valence-corrected chi connectivity index (χ0v) is 21.8. The van der Waals surface area contributed by atoms with Crippen LogP contribution in [0.3, 0.4) is 0 Å². The second kappa shape index (κ2) is 11.9. The summed E-state index contributed by atoms with van der Waals surface area (Å²) in [6, 6.07) is 13.0. The molecule has 0 saturated carbocycles. The molecule has 184 valence electrons. The lowest BCUT2D eigenvalue weighted by atomic mass is 10.0. The standard InChI is InChI=1S/C22H17N3O3S.C4H10.C2H6/c26-19-10-9-17(21(27)24-19)25-12-15-13(4-3-5-14(15)22(25)28)8-11-20-23-16-6-1-2-7-18(16)29-20;1-4(2)3;1-2/h1-8,11,17H,9-10,12H2,(H,24,26,27);4H,1-3H3;1-2H3/b11-8+;;. The summed E-state index contributed by atoms with van der Waals surface area (Å²) >= 11 is 1.61. The minimum Gasteiger partial charge on any atom is -0.322 e. The van der Waals surface area contributed by atoms with E-state index in [1.165, 1.54) is 0 Å². The maximum Gasteiger partial charge on any atom is 0.255 e. The van der Waals surface area contributed by atoms with Crippen molar-refractivity contribution < 1.29 is 14.4 Å². The van der Waals surface area contributed by atoms with Crippen molar-refractivity contribution in [2.24, 2.45) is 5.92 Å². The van der Waals surface area contributed by atoms with E-state index < -0.39 is 11.9 Å². The van der Waals surface area contributed by atoms with Gasteiger partial charge in [0.2, 0.25) is 11.8 Å². The van der Waals surface area contributed by atoms with Crippen LogP contribution in [0.2, 0.25) is 0 Å². The van der Waals surface area contributed by atoms with Gasteiger partial charge in [-0.3, -0.25) is 19.7 Å². The molecule has 5 rings (SSSR count). The number of rotatable bonds is 3. The fourth-order valence-electron chi connectivity index (χ4n) is 3.89. The first-order valence-corrected chi connectivity index (χ1v) is 13.0. The van der Waals surface area contributed by atoms with Crippen LogP contribution in [0.5, 0.6) is 0 Å². The summed E-state index contributed by atoms with van der Waals surface area (Å²) in [4.78, 5) is 42.7. The number of carbonyl (C=O) groups excluding carboxylic acids is 3. The predicted octanol–water partition coefficient (Wildman–Crippen LogP) is 5.92. The number of imide groups is 1. The molecule has 0 bridgehead atoms. The monoisotopic (exact) mass is 491 g/mol. The molecule has 6 nitrogen and oxygen atoms in total. The Bertz CT molecular complexity index is 1210. The van der Waals surface area contributed by atoms with Gasteiger partial charge in [-0.25, -0.2) is 4.98 Å². The molecular weight excluding hydrogens is 458 g/mol. The van der Waals surface area contributed by atoms with E-state index in [1.807, 2.05) is 62.4 Å². The number of nitrogens with zero attached hydrogens (tertiary/aromatic N) is 2. The van der Waals surface area contributed by atoms with Gasteiger partial charge in [-0.05, 0) is 47.7 Å². The van der Waals surface area contributed by atoms with Gasteiger partial charge in [0.15, 0.2) is 0 Å². The fraction of sp³-hybridized carbons (Fsp3) is 0.357. The molecule has 0 aliphatic carbocycles. The van der Waals surface area contributed by atoms with Crippen LogP contribution in [0.25, 0.3) is 22.4 Å². The van der Waals surface area contributed by atoms with Crippen LogP contribution >= 0.6 is 11.3 Å². The molecule has 7 heteroatoms. The molecule has 1 aromatic heterocycles. The highest BCUT2D eigenvalue weighted by Crippen LogP contribution is 2.31. The third-order valence-electron chi connectivity index (χ3n) is 5.33. The Hall–Kier alpha value is -3.32. The number of nitrogens with one attached hydrogen (secondary N) is 1. The Morgan fingerprint density at radius 1 is 1.03 bits per heavy atom. The highest BCUT2D eigenvalue weighted by Gasteiger charge is 2.39. The van der Waals surface area contributed by atoms with Crippen LogP contribution in [0.1, 0.15) is 74.0 Å². The zero-order chi connectivity index (χ0) is 25.5. The first kappa shape index (κ1) is 26.3. The van der Waals surface area contributed by atoms with Crippen molar-refractivity contribution in [1.29, 1.82) is 0 Å². The van der Waals surface area contributed by atoms with E-state index >= 15 is 0 Å². The molecule has 2 aliphatic rings. The summed E-state index contributed by atoms with van der Waals surface area (Å²) < 4.78 is 1.13. The number of para-hydroxylation sites is 1. The highest BCUT2D eigenvalue weighted by atomic mass is 32.1. The lowest BCUT2D eigenvalue weighted by Crippen LogP contribution is -2.52. The fourth-order valence-corrected chi connectivity index (χ4v) is 4.76. The number of fused-ring (bicyclic) bond motifs is 2. The van der Waals surface area contributed by atoms with E-state index in [0.29, 0.717) is 18.5 Å². The lowest BCUT2D eigenvalue weighted by molar-refractivity contribution is -0.136. The van der Waals surface area contributed by atoms with E-state index in [2.05, 4.69) is 31.1 Å². The van der Waals surface area contributed by atoms with Crippen molar-refractivity contribution in [3.05, 3.63) is 64.2 Å². The first-order valence-electron chi connectivity index (χ1n) is 12.1. The molecular formula is C28H33N3O3S. The zero-order valence-electron chi connectivity index (χ0n) is 21.0. The Kier molecular flexibility index (Phi) is 8.93. The van der Waals surface area contributed by atoms with E-state index in [9.17, 15) is 14.4 Å². The SMILES string of the molecule is CC.CC(C)C.O=C1CCC(N2Cc3c(/C=C/c4nc5ccccc5s4)cccc3C2=O)C(=O)N1. The van der Waals surface area contributed by atoms with Gasteiger partial charge in [0.25, 0.3) is 5.91 Å². The van der Waals surface area contributed by atoms with Crippen molar-refractivity contribution >= 4 is 51.4 Å². The summed E-state index contributed by atoms with van der Waals surface area (Å²) in [7, 11) is 0. The lowest BCUT2D eigenvalue weighted by Gasteiger charge is -2.29. The smallest absolute Gasteiger partial charge is 0.255 e. The van der Waals surface area contributed by atoms with Gasteiger partial charge in [0.1, 0.15) is 11.0 Å². The molecule has 1 fully saturated rings. The summed E-state index contributed by atoms with van der Waals surface area (Å²) in [6.07, 6.45) is 4.54. The van der Waals surface area contributed by atoms with Crippen molar-refractivity contribution in [3.63, 3.8) is 0 Å². The van der Waals surface area contributed by atoms with Gasteiger partial charge in [0, 0.05) is 18.5 Å². The number of thiazole rings is 1. The topological polar surface area (TPSA) is 79.4 Å². The molecule has 2 aromatic carbocycles. The van der Waals surface area contributed by atoms with Crippen LogP contribution in [0.4, 0.5) is 0 Å². The summed E-state index contributed by atoms with van der Waals surface area (Å²) in [6.45, 7) is 10.9. The number of aromatic nitrogens is 1. The van der Waals surface area contributed by atoms with Crippen LogP contribution in [-0.4, -0.2) is 33.6 Å². The molecule has 1 unspecified atom stereocenters. The minimum absolute atomic E-state index is 0.162. The first-order chi connectivity index (χ1) is 16.8. The van der Waals surface area contributed by atoms with Crippen molar-refractivity contribution in [2.75, 3.05) is 0 Å². The molecule has 3 heterocycles. The summed E-state index contributed by atoms with van der Waals surface area (Å²) in [5, 5.41) is 3.23. The highest BCUT2D eigenvalue weighted by molar-refractivity contribution is 7.19. The number of piperidine rings is 1. The second-order valence-electron chi connectivity index (χ2n) is 8.86. The Labute approximate surface area is 211 Å². The molecule has 1 N–H and O–H groups in total. The van der Waals surface area contributed by atoms with E-state index in [-0.39, 0.29) is 18.2 Å². The maximum absolute atomic E-state index is 12.9. The molecule has 0 radical (unpaired) electrons. The summed E-state index contributed by atoms with van der Waals surface area (Å²) in [5.74, 6) is -0.00595. The molecule has 1 atom stereocenters. The number of hydrogen-bond acceptors (Lipinski definition) is 5. The number of hydrogen-bond donors (Lipinski definition) is 1. The molecule has 1 saturated heterocycles. The molecule has 3 amide bonds. The molecule has 3 aromatic rings. The van der Waals surface area contributed by atoms with Gasteiger partial charge in [0.05, 0.1) is 10.2 Å². The van der Waals surface area contributed by atoms with Crippen molar-refractivity contribution in [1.82, 2.24) is 15.2 Å². The van der Waals surface area contributed by atoms with Gasteiger partial charge >= 0.3 is 0 Å². The van der Waals surface area contributed by atoms with E-state index in [4.69, 9.17) is 0 Å². The predicted molar refractivity (Wildman–Crippen MR) is 143 cm³/mol. The number of amides is 3. The van der Waals surface area contributed by atoms with E-state index in [0.717, 1.165) is 32.3 Å². The Morgan fingerprint density at radius 3 is 2.43 bits per heavy atom. The minimum atomic E-state index is -0.603. The third-order valence-corrected chi connectivity index (χ3v) is 6.34. The third kappa shape index (κ3) is 6.22. The summed E-state index contributed by atoms with van der Waals surface area (Å²) in [5.41, 5.74) is 3.42. The Balaban J connectivity index is 0.000000521. The van der Waals surface area contributed by atoms with Crippen LogP contribution in [-0.2, 0) is 16.1 Å². The quantitative estimate of drug-likeness (QED) is 0.462. The number of benzene rings is 2. The molecule has 35 heavy (non-hydrogen) atoms. The average Bonchev–Trinajstić information content (AvgIpc) is 3.40. The average molecular weight is 492 g/mol. The number of carbonyl (C=O) groups is 3. The molecule has 2 aliphatic heterocycles. The second-order valence-corrected chi connectivity index (χ2v) is 9.92. The Morgan fingerprint density at radius 2 is 1.74 bits per heavy atom. The van der Waals surface area contributed by atoms with Gasteiger partial charge in [-0.2, -0.15) is 0 Å². The maximum atomic E-state index is 12.9. The van der Waals surface area contributed by atoms with Crippen molar-refractivity contribution in [3.8, 4) is 0 Å². The normalized spacial score (nSPS) is 17.1. The van der Waals surface area contributed by atoms with Crippen LogP contribution in [0, 0.1) is 5.92 Å². The molecule has 0 spiro atoms. The van der Waals surface area contributed by atoms with Crippen LogP contribution in [0.15, 0.2) is 42.5 Å². The van der Waals surface area contributed by atoms with Gasteiger partial charge < -0.3 is 4.90 Å².